The third-order valence-electron chi connectivity index (χ3n) is 6.00. The van der Waals surface area contributed by atoms with Crippen LogP contribution in [0.4, 0.5) is 0 Å². The molecule has 7 nitrogen and oxygen atoms in total. The maximum Gasteiger partial charge on any atom is 0.289 e. The summed E-state index contributed by atoms with van der Waals surface area (Å²) >= 11 is 1.84. The van der Waals surface area contributed by atoms with Gasteiger partial charge in [-0.3, -0.25) is 14.7 Å². The minimum Gasteiger partial charge on any atom is -0.459 e. The van der Waals surface area contributed by atoms with Gasteiger partial charge in [-0.05, 0) is 55.8 Å². The molecule has 2 aliphatic rings. The van der Waals surface area contributed by atoms with E-state index in [0.717, 1.165) is 45.2 Å². The van der Waals surface area contributed by atoms with Crippen molar-refractivity contribution in [3.63, 3.8) is 0 Å². The lowest BCUT2D eigenvalue weighted by Gasteiger charge is -2.36. The van der Waals surface area contributed by atoms with Crippen LogP contribution in [0.2, 0.25) is 0 Å². The number of hydrogen-bond donors (Lipinski definition) is 1. The van der Waals surface area contributed by atoms with Gasteiger partial charge in [0.25, 0.3) is 5.91 Å². The van der Waals surface area contributed by atoms with Crippen molar-refractivity contribution in [3.05, 3.63) is 46.5 Å². The van der Waals surface area contributed by atoms with Gasteiger partial charge in [-0.1, -0.05) is 6.07 Å². The van der Waals surface area contributed by atoms with Gasteiger partial charge in [0.1, 0.15) is 0 Å². The SMILES string of the molecule is CCNC(=NCC1CCCN(Cc2cccs2)C1)N1CCN(C(=O)c2ccco2)CC1. The van der Waals surface area contributed by atoms with E-state index in [-0.39, 0.29) is 5.91 Å². The summed E-state index contributed by atoms with van der Waals surface area (Å²) in [4.78, 5) is 25.7. The Morgan fingerprint density at radius 1 is 1.19 bits per heavy atom. The van der Waals surface area contributed by atoms with Crippen molar-refractivity contribution in [2.45, 2.75) is 26.3 Å². The molecule has 0 spiro atoms. The number of furan rings is 1. The van der Waals surface area contributed by atoms with Crippen LogP contribution in [0, 0.1) is 5.92 Å². The third-order valence-corrected chi connectivity index (χ3v) is 6.86. The monoisotopic (exact) mass is 443 g/mol. The van der Waals surface area contributed by atoms with Gasteiger partial charge in [0.2, 0.25) is 0 Å². The lowest BCUT2D eigenvalue weighted by molar-refractivity contribution is 0.0657. The predicted octanol–water partition coefficient (Wildman–Crippen LogP) is 2.98. The fraction of sp³-hybridized carbons (Fsp3) is 0.565. The van der Waals surface area contributed by atoms with E-state index in [2.05, 4.69) is 39.6 Å². The van der Waals surface area contributed by atoms with Gasteiger partial charge >= 0.3 is 0 Å². The number of nitrogens with zero attached hydrogens (tertiary/aromatic N) is 4. The van der Waals surface area contributed by atoms with Gasteiger partial charge in [0, 0.05) is 57.2 Å². The molecule has 1 unspecified atom stereocenters. The molecule has 1 amide bonds. The first-order valence-electron chi connectivity index (χ1n) is 11.3. The van der Waals surface area contributed by atoms with E-state index in [1.54, 1.807) is 18.4 Å². The number of rotatable bonds is 6. The van der Waals surface area contributed by atoms with Crippen LogP contribution in [0.3, 0.4) is 0 Å². The second-order valence-electron chi connectivity index (χ2n) is 8.27. The van der Waals surface area contributed by atoms with Crippen molar-refractivity contribution in [1.82, 2.24) is 20.0 Å². The summed E-state index contributed by atoms with van der Waals surface area (Å²) < 4.78 is 5.26. The average Bonchev–Trinajstić information content (AvgIpc) is 3.51. The maximum absolute atomic E-state index is 12.5. The summed E-state index contributed by atoms with van der Waals surface area (Å²) in [6.45, 7) is 10.1. The Morgan fingerprint density at radius 3 is 2.74 bits per heavy atom. The molecule has 0 saturated carbocycles. The second-order valence-corrected chi connectivity index (χ2v) is 9.31. The molecule has 4 heterocycles. The summed E-state index contributed by atoms with van der Waals surface area (Å²) in [5.41, 5.74) is 0. The Kier molecular flexibility index (Phi) is 7.64. The van der Waals surface area contributed by atoms with Crippen molar-refractivity contribution in [3.8, 4) is 0 Å². The molecule has 168 valence electrons. The molecule has 1 N–H and O–H groups in total. The number of carbonyl (C=O) groups excluding carboxylic acids is 1. The highest BCUT2D eigenvalue weighted by atomic mass is 32.1. The zero-order valence-corrected chi connectivity index (χ0v) is 19.1. The highest BCUT2D eigenvalue weighted by molar-refractivity contribution is 7.09. The normalized spacial score (nSPS) is 20.8. The van der Waals surface area contributed by atoms with Crippen LogP contribution in [0.1, 0.15) is 35.2 Å². The summed E-state index contributed by atoms with van der Waals surface area (Å²) in [7, 11) is 0. The topological polar surface area (TPSA) is 64.3 Å². The molecule has 2 aliphatic heterocycles. The van der Waals surface area contributed by atoms with Crippen molar-refractivity contribution < 1.29 is 9.21 Å². The van der Waals surface area contributed by atoms with Crippen LogP contribution in [-0.2, 0) is 6.54 Å². The average molecular weight is 444 g/mol. The quantitative estimate of drug-likeness (QED) is 0.549. The zero-order chi connectivity index (χ0) is 21.5. The van der Waals surface area contributed by atoms with E-state index < -0.39 is 0 Å². The third kappa shape index (κ3) is 5.89. The number of amides is 1. The highest BCUT2D eigenvalue weighted by Crippen LogP contribution is 2.21. The maximum atomic E-state index is 12.5. The number of aliphatic imine (C=N–C) groups is 1. The molecule has 2 saturated heterocycles. The molecule has 4 rings (SSSR count). The van der Waals surface area contributed by atoms with Crippen LogP contribution < -0.4 is 5.32 Å². The predicted molar refractivity (Wildman–Crippen MR) is 124 cm³/mol. The minimum atomic E-state index is -0.0281. The molecular weight excluding hydrogens is 410 g/mol. The molecule has 31 heavy (non-hydrogen) atoms. The van der Waals surface area contributed by atoms with E-state index in [1.165, 1.54) is 24.3 Å². The summed E-state index contributed by atoms with van der Waals surface area (Å²) in [5.74, 6) is 1.96. The molecule has 2 aromatic rings. The van der Waals surface area contributed by atoms with Crippen LogP contribution in [0.5, 0.6) is 0 Å². The van der Waals surface area contributed by atoms with E-state index in [0.29, 0.717) is 24.8 Å². The Balaban J connectivity index is 1.29. The zero-order valence-electron chi connectivity index (χ0n) is 18.3. The van der Waals surface area contributed by atoms with E-state index in [9.17, 15) is 4.79 Å². The number of piperazine rings is 1. The van der Waals surface area contributed by atoms with Gasteiger partial charge in [0.05, 0.1) is 6.26 Å². The molecule has 8 heteroatoms. The fourth-order valence-corrected chi connectivity index (χ4v) is 5.13. The molecular formula is C23H33N5O2S. The number of nitrogens with one attached hydrogen (secondary N) is 1. The highest BCUT2D eigenvalue weighted by Gasteiger charge is 2.26. The first-order valence-corrected chi connectivity index (χ1v) is 12.2. The minimum absolute atomic E-state index is 0.0281. The Labute approximate surface area is 188 Å². The van der Waals surface area contributed by atoms with Crippen LogP contribution >= 0.6 is 11.3 Å². The van der Waals surface area contributed by atoms with Crippen LogP contribution in [-0.4, -0.2) is 78.9 Å². The fourth-order valence-electron chi connectivity index (χ4n) is 4.39. The van der Waals surface area contributed by atoms with E-state index in [1.807, 2.05) is 16.2 Å². The number of hydrogen-bond acceptors (Lipinski definition) is 5. The Morgan fingerprint density at radius 2 is 2.03 bits per heavy atom. The van der Waals surface area contributed by atoms with Gasteiger partial charge in [0.15, 0.2) is 11.7 Å². The number of guanidine groups is 1. The lowest BCUT2D eigenvalue weighted by atomic mass is 9.98. The second kappa shape index (κ2) is 10.8. The standard InChI is InChI=1S/C23H33N5O2S/c1-2-24-23(28-12-10-27(11-13-28)22(29)21-8-4-14-30-21)25-16-19-6-3-9-26(17-19)18-20-7-5-15-31-20/h4-5,7-8,14-15,19H,2-3,6,9-13,16-18H2,1H3,(H,24,25). The molecule has 0 aromatic carbocycles. The number of thiophene rings is 1. The molecule has 2 fully saturated rings. The molecule has 1 atom stereocenters. The molecule has 2 aromatic heterocycles. The Hall–Kier alpha value is -2.32. The van der Waals surface area contributed by atoms with Gasteiger partial charge in [-0.25, -0.2) is 0 Å². The van der Waals surface area contributed by atoms with Crippen molar-refractivity contribution >= 4 is 23.2 Å². The summed E-state index contributed by atoms with van der Waals surface area (Å²) in [5, 5.41) is 5.61. The van der Waals surface area contributed by atoms with Gasteiger partial charge in [-0.2, -0.15) is 0 Å². The van der Waals surface area contributed by atoms with Crippen LogP contribution in [0.25, 0.3) is 0 Å². The van der Waals surface area contributed by atoms with Gasteiger partial charge in [-0.15, -0.1) is 11.3 Å². The van der Waals surface area contributed by atoms with Crippen molar-refractivity contribution in [1.29, 1.82) is 0 Å². The first kappa shape index (κ1) is 21.9. The molecule has 0 radical (unpaired) electrons. The molecule has 0 bridgehead atoms. The number of piperidine rings is 1. The summed E-state index contributed by atoms with van der Waals surface area (Å²) in [6.07, 6.45) is 4.04. The van der Waals surface area contributed by atoms with E-state index >= 15 is 0 Å². The number of likely N-dealkylation sites (tertiary alicyclic amines) is 1. The Bertz CT molecular complexity index is 828. The van der Waals surface area contributed by atoms with Crippen molar-refractivity contribution in [2.24, 2.45) is 10.9 Å². The number of carbonyl (C=O) groups is 1. The first-order chi connectivity index (χ1) is 15.2. The van der Waals surface area contributed by atoms with Gasteiger partial charge < -0.3 is 19.5 Å². The molecule has 0 aliphatic carbocycles. The van der Waals surface area contributed by atoms with E-state index in [4.69, 9.17) is 9.41 Å². The summed E-state index contributed by atoms with van der Waals surface area (Å²) in [6, 6.07) is 7.85. The lowest BCUT2D eigenvalue weighted by Crippen LogP contribution is -2.54. The van der Waals surface area contributed by atoms with Crippen LogP contribution in [0.15, 0.2) is 45.3 Å². The largest absolute Gasteiger partial charge is 0.459 e. The van der Waals surface area contributed by atoms with Crippen molar-refractivity contribution in [2.75, 3.05) is 52.4 Å². The smallest absolute Gasteiger partial charge is 0.289 e.